The molecule has 0 spiro atoms. The van der Waals surface area contributed by atoms with Crippen molar-refractivity contribution in [3.63, 3.8) is 0 Å². The molecule has 3 heterocycles. The highest BCUT2D eigenvalue weighted by molar-refractivity contribution is 7.09. The Balaban J connectivity index is 1.13. The van der Waals surface area contributed by atoms with Gasteiger partial charge < -0.3 is 14.5 Å². The molecule has 11 heteroatoms. The van der Waals surface area contributed by atoms with E-state index in [9.17, 15) is 4.79 Å². The van der Waals surface area contributed by atoms with Gasteiger partial charge in [0, 0.05) is 36.6 Å². The second-order valence-electron chi connectivity index (χ2n) is 7.75. The van der Waals surface area contributed by atoms with E-state index in [1.165, 1.54) is 11.3 Å². The summed E-state index contributed by atoms with van der Waals surface area (Å²) in [7, 11) is 0. The van der Waals surface area contributed by atoms with E-state index in [0.29, 0.717) is 43.8 Å². The molecule has 2 aromatic carbocycles. The van der Waals surface area contributed by atoms with Crippen molar-refractivity contribution in [1.29, 1.82) is 0 Å². The predicted molar refractivity (Wildman–Crippen MR) is 130 cm³/mol. The molecule has 2 aromatic heterocycles. The van der Waals surface area contributed by atoms with E-state index in [1.807, 2.05) is 52.7 Å². The molecule has 0 aliphatic carbocycles. The number of rotatable bonds is 7. The number of para-hydroxylation sites is 1. The number of thiazole rings is 1. The molecule has 0 unspecified atom stereocenters. The molecule has 34 heavy (non-hydrogen) atoms. The summed E-state index contributed by atoms with van der Waals surface area (Å²) in [6.45, 7) is 2.90. The number of benzene rings is 2. The predicted octanol–water partition coefficient (Wildman–Crippen LogP) is 3.24. The number of nitrogens with zero attached hydrogens (tertiary/aromatic N) is 7. The first kappa shape index (κ1) is 22.3. The van der Waals surface area contributed by atoms with Crippen LogP contribution in [0, 0.1) is 0 Å². The highest BCUT2D eigenvalue weighted by atomic mass is 35.5. The largest absolute Gasteiger partial charge is 0.486 e. The lowest BCUT2D eigenvalue weighted by Gasteiger charge is -2.34. The van der Waals surface area contributed by atoms with Crippen molar-refractivity contribution in [3.8, 4) is 11.4 Å². The number of carbonyl (C=O) groups is 1. The molecule has 0 radical (unpaired) electrons. The summed E-state index contributed by atoms with van der Waals surface area (Å²) < 4.78 is 7.46. The molecule has 1 fully saturated rings. The number of piperazine rings is 1. The second-order valence-corrected chi connectivity index (χ2v) is 9.13. The number of amides is 1. The number of anilines is 1. The van der Waals surface area contributed by atoms with Crippen LogP contribution >= 0.6 is 22.9 Å². The maximum atomic E-state index is 12.9. The van der Waals surface area contributed by atoms with Crippen LogP contribution in [0.25, 0.3) is 5.69 Å². The highest BCUT2D eigenvalue weighted by Crippen LogP contribution is 2.20. The summed E-state index contributed by atoms with van der Waals surface area (Å²) in [5.41, 5.74) is 1.67. The van der Waals surface area contributed by atoms with Gasteiger partial charge in [-0.15, -0.1) is 11.3 Å². The highest BCUT2D eigenvalue weighted by Gasteiger charge is 2.25. The summed E-state index contributed by atoms with van der Waals surface area (Å²) in [5.74, 6) is 1.48. The molecule has 174 valence electrons. The van der Waals surface area contributed by atoms with E-state index in [4.69, 9.17) is 16.3 Å². The minimum atomic E-state index is 0.0674. The van der Waals surface area contributed by atoms with Crippen molar-refractivity contribution in [2.75, 3.05) is 31.1 Å². The van der Waals surface area contributed by atoms with E-state index in [1.54, 1.807) is 16.8 Å². The molecule has 0 bridgehead atoms. The van der Waals surface area contributed by atoms with Crippen LogP contribution in [0.3, 0.4) is 0 Å². The van der Waals surface area contributed by atoms with Crippen molar-refractivity contribution in [2.24, 2.45) is 0 Å². The van der Waals surface area contributed by atoms with Crippen molar-refractivity contribution in [2.45, 2.75) is 13.0 Å². The van der Waals surface area contributed by atoms with Crippen molar-refractivity contribution in [3.05, 3.63) is 75.7 Å². The summed E-state index contributed by atoms with van der Waals surface area (Å²) in [6.07, 6.45) is 0.277. The Kier molecular flexibility index (Phi) is 6.68. The van der Waals surface area contributed by atoms with Crippen molar-refractivity contribution in [1.82, 2.24) is 30.1 Å². The summed E-state index contributed by atoms with van der Waals surface area (Å²) >= 11 is 7.39. The number of ether oxygens (including phenoxy) is 1. The van der Waals surface area contributed by atoms with Crippen LogP contribution in [0.2, 0.25) is 5.02 Å². The quantitative estimate of drug-likeness (QED) is 0.389. The Morgan fingerprint density at radius 1 is 1.03 bits per heavy atom. The zero-order valence-electron chi connectivity index (χ0n) is 18.2. The van der Waals surface area contributed by atoms with Gasteiger partial charge >= 0.3 is 0 Å². The Morgan fingerprint density at radius 2 is 1.79 bits per heavy atom. The minimum absolute atomic E-state index is 0.0674. The van der Waals surface area contributed by atoms with E-state index in [-0.39, 0.29) is 12.3 Å². The second kappa shape index (κ2) is 10.2. The first-order valence-electron chi connectivity index (χ1n) is 10.8. The average Bonchev–Trinajstić information content (AvgIpc) is 3.54. The van der Waals surface area contributed by atoms with E-state index in [0.717, 1.165) is 22.1 Å². The van der Waals surface area contributed by atoms with Gasteiger partial charge in [-0.1, -0.05) is 34.9 Å². The summed E-state index contributed by atoms with van der Waals surface area (Å²) in [5, 5.41) is 15.6. The Bertz CT molecular complexity index is 1240. The van der Waals surface area contributed by atoms with E-state index >= 15 is 0 Å². The molecule has 1 aliphatic heterocycles. The fourth-order valence-corrected chi connectivity index (χ4v) is 4.54. The van der Waals surface area contributed by atoms with Gasteiger partial charge in [0.05, 0.1) is 17.8 Å². The average molecular weight is 496 g/mol. The number of halogens is 1. The molecule has 1 aliphatic rings. The fourth-order valence-electron chi connectivity index (χ4n) is 3.71. The van der Waals surface area contributed by atoms with Crippen LogP contribution in [-0.4, -0.2) is 62.2 Å². The Hall–Kier alpha value is -3.50. The van der Waals surface area contributed by atoms with Crippen LogP contribution < -0.4 is 9.64 Å². The summed E-state index contributed by atoms with van der Waals surface area (Å²) in [6, 6.07) is 17.0. The van der Waals surface area contributed by atoms with Gasteiger partial charge in [0.1, 0.15) is 17.4 Å². The van der Waals surface area contributed by atoms with Gasteiger partial charge in [0.15, 0.2) is 0 Å². The lowest BCUT2D eigenvalue weighted by Crippen LogP contribution is -2.50. The normalized spacial score (nSPS) is 13.8. The third-order valence-corrected chi connectivity index (χ3v) is 6.60. The molecule has 0 N–H and O–H groups in total. The molecule has 4 aromatic rings. The Labute approximate surface area is 205 Å². The zero-order valence-corrected chi connectivity index (χ0v) is 19.8. The van der Waals surface area contributed by atoms with Crippen LogP contribution in [0.5, 0.6) is 5.75 Å². The minimum Gasteiger partial charge on any atom is -0.486 e. The molecule has 1 saturated heterocycles. The molecule has 0 atom stereocenters. The number of carbonyl (C=O) groups excluding carboxylic acids is 1. The van der Waals surface area contributed by atoms with E-state index < -0.39 is 0 Å². The number of aromatic nitrogens is 5. The topological polar surface area (TPSA) is 89.3 Å². The summed E-state index contributed by atoms with van der Waals surface area (Å²) in [4.78, 5) is 21.4. The molecule has 1 amide bonds. The standard InChI is InChI=1S/C23H22ClN7O2S/c24-17-6-8-20(9-7-17)33-15-21-25-18(16-34-21)14-22(32)29-10-12-30(13-11-29)23-26-27-28-31(23)19-4-2-1-3-5-19/h1-9,16H,10-15H2. The van der Waals surface area contributed by atoms with Crippen LogP contribution in [0.1, 0.15) is 10.7 Å². The Morgan fingerprint density at radius 3 is 2.56 bits per heavy atom. The monoisotopic (exact) mass is 495 g/mol. The van der Waals surface area contributed by atoms with Gasteiger partial charge in [-0.2, -0.15) is 4.68 Å². The van der Waals surface area contributed by atoms with Gasteiger partial charge in [0.2, 0.25) is 11.9 Å². The fraction of sp³-hybridized carbons (Fsp3) is 0.261. The van der Waals surface area contributed by atoms with Gasteiger partial charge in [0.25, 0.3) is 0 Å². The molecule has 9 nitrogen and oxygen atoms in total. The smallest absolute Gasteiger partial charge is 0.250 e. The number of hydrogen-bond donors (Lipinski definition) is 0. The first-order chi connectivity index (χ1) is 16.7. The van der Waals surface area contributed by atoms with Crippen LogP contribution in [0.15, 0.2) is 60.0 Å². The number of hydrogen-bond acceptors (Lipinski definition) is 8. The first-order valence-corrected chi connectivity index (χ1v) is 12.1. The molecular weight excluding hydrogens is 474 g/mol. The third-order valence-electron chi connectivity index (χ3n) is 5.48. The molecule has 5 rings (SSSR count). The van der Waals surface area contributed by atoms with E-state index in [2.05, 4.69) is 25.4 Å². The third kappa shape index (κ3) is 5.18. The van der Waals surface area contributed by atoms with Crippen molar-refractivity contribution < 1.29 is 9.53 Å². The molecule has 0 saturated carbocycles. The van der Waals surface area contributed by atoms with Gasteiger partial charge in [-0.25, -0.2) is 4.98 Å². The maximum absolute atomic E-state index is 12.9. The maximum Gasteiger partial charge on any atom is 0.250 e. The lowest BCUT2D eigenvalue weighted by atomic mass is 10.2. The van der Waals surface area contributed by atoms with Crippen LogP contribution in [0.4, 0.5) is 5.95 Å². The zero-order chi connectivity index (χ0) is 23.3. The van der Waals surface area contributed by atoms with Crippen LogP contribution in [-0.2, 0) is 17.8 Å². The molecular formula is C23H22ClN7O2S. The lowest BCUT2D eigenvalue weighted by molar-refractivity contribution is -0.130. The SMILES string of the molecule is O=C(Cc1csc(COc2ccc(Cl)cc2)n1)N1CCN(c2nnnn2-c2ccccc2)CC1. The van der Waals surface area contributed by atoms with Crippen molar-refractivity contribution >= 4 is 34.8 Å². The van der Waals surface area contributed by atoms with Gasteiger partial charge in [-0.3, -0.25) is 4.79 Å². The number of tetrazole rings is 1. The van der Waals surface area contributed by atoms with Gasteiger partial charge in [-0.05, 0) is 46.8 Å².